The summed E-state index contributed by atoms with van der Waals surface area (Å²) in [6.45, 7) is 1.86. The maximum Gasteiger partial charge on any atom is 0.219 e. The second-order valence-electron chi connectivity index (χ2n) is 4.38. The predicted molar refractivity (Wildman–Crippen MR) is 70.7 cm³/mol. The van der Waals surface area contributed by atoms with E-state index in [-0.39, 0.29) is 11.9 Å². The van der Waals surface area contributed by atoms with Crippen molar-refractivity contribution in [3.8, 4) is 0 Å². The summed E-state index contributed by atoms with van der Waals surface area (Å²) >= 11 is 12.0. The molecule has 1 amide bonds. The molecule has 1 aromatic carbocycles. The molecule has 1 aliphatic rings. The van der Waals surface area contributed by atoms with Crippen molar-refractivity contribution < 1.29 is 4.79 Å². The minimum absolute atomic E-state index is 0.102. The minimum atomic E-state index is 0.102. The van der Waals surface area contributed by atoms with E-state index in [1.54, 1.807) is 6.07 Å². The van der Waals surface area contributed by atoms with Crippen LogP contribution in [0.1, 0.15) is 37.7 Å². The molecule has 0 spiro atoms. The van der Waals surface area contributed by atoms with Crippen LogP contribution >= 0.6 is 23.2 Å². The van der Waals surface area contributed by atoms with Crippen LogP contribution in [0.5, 0.6) is 0 Å². The molecular weight excluding hydrogens is 257 g/mol. The third-order valence-electron chi connectivity index (χ3n) is 3.30. The quantitative estimate of drug-likeness (QED) is 0.891. The third-order valence-corrected chi connectivity index (χ3v) is 3.87. The summed E-state index contributed by atoms with van der Waals surface area (Å²) in [5.41, 5.74) is 1.09. The smallest absolute Gasteiger partial charge is 0.219 e. The van der Waals surface area contributed by atoms with E-state index in [2.05, 4.69) is 5.32 Å². The lowest BCUT2D eigenvalue weighted by molar-refractivity contribution is -0.122. The molecule has 0 bridgehead atoms. The molecule has 1 saturated carbocycles. The van der Waals surface area contributed by atoms with Gasteiger partial charge in [0.05, 0.1) is 0 Å². The fourth-order valence-electron chi connectivity index (χ4n) is 2.16. The summed E-state index contributed by atoms with van der Waals surface area (Å²) < 4.78 is 0. The molecule has 2 nitrogen and oxygen atoms in total. The summed E-state index contributed by atoms with van der Waals surface area (Å²) in [6.07, 6.45) is 2.61. The zero-order valence-electron chi connectivity index (χ0n) is 9.67. The molecule has 2 rings (SSSR count). The first-order chi connectivity index (χ1) is 8.11. The highest BCUT2D eigenvalue weighted by Gasteiger charge is 2.34. The van der Waals surface area contributed by atoms with Gasteiger partial charge in [0.1, 0.15) is 0 Å². The van der Waals surface area contributed by atoms with Crippen molar-refractivity contribution in [3.63, 3.8) is 0 Å². The number of carbonyl (C=O) groups is 1. The maximum atomic E-state index is 11.4. The number of nitrogens with one attached hydrogen (secondary N) is 1. The number of carbonyl (C=O) groups excluding carboxylic acids is 1. The SMILES string of the molecule is CCC(=O)N[C@H]1CC[C@H]1c1ccc(Cl)cc1Cl. The molecular formula is C13H15Cl2NO. The number of amides is 1. The summed E-state index contributed by atoms with van der Waals surface area (Å²) in [6, 6.07) is 5.79. The van der Waals surface area contributed by atoms with Gasteiger partial charge in [0.25, 0.3) is 0 Å². The van der Waals surface area contributed by atoms with Gasteiger partial charge < -0.3 is 5.32 Å². The Kier molecular flexibility index (Phi) is 3.95. The molecule has 1 aliphatic carbocycles. The number of hydrogen-bond acceptors (Lipinski definition) is 1. The fourth-order valence-corrected chi connectivity index (χ4v) is 2.70. The second kappa shape index (κ2) is 5.28. The average molecular weight is 272 g/mol. The Morgan fingerprint density at radius 1 is 1.41 bits per heavy atom. The van der Waals surface area contributed by atoms with E-state index in [9.17, 15) is 4.79 Å². The van der Waals surface area contributed by atoms with Gasteiger partial charge in [-0.3, -0.25) is 4.79 Å². The summed E-state index contributed by atoms with van der Waals surface area (Å²) in [5.74, 6) is 0.431. The van der Waals surface area contributed by atoms with Gasteiger partial charge in [0, 0.05) is 28.4 Å². The molecule has 1 N–H and O–H groups in total. The van der Waals surface area contributed by atoms with Gasteiger partial charge in [0.2, 0.25) is 5.91 Å². The lowest BCUT2D eigenvalue weighted by Gasteiger charge is -2.38. The standard InChI is InChI=1S/C13H15Cl2NO/c1-2-13(17)16-12-6-5-10(12)9-4-3-8(14)7-11(9)15/h3-4,7,10,12H,2,5-6H2,1H3,(H,16,17)/t10-,12-/m0/s1. The van der Waals surface area contributed by atoms with Gasteiger partial charge in [0.15, 0.2) is 0 Å². The Labute approximate surface area is 111 Å². The molecule has 0 saturated heterocycles. The van der Waals surface area contributed by atoms with E-state index < -0.39 is 0 Å². The molecule has 0 aromatic heterocycles. The zero-order chi connectivity index (χ0) is 12.4. The molecule has 0 unspecified atom stereocenters. The minimum Gasteiger partial charge on any atom is -0.353 e. The Morgan fingerprint density at radius 3 is 2.71 bits per heavy atom. The van der Waals surface area contributed by atoms with Crippen molar-refractivity contribution in [3.05, 3.63) is 33.8 Å². The first-order valence-electron chi connectivity index (χ1n) is 5.86. The van der Waals surface area contributed by atoms with E-state index in [1.807, 2.05) is 19.1 Å². The molecule has 0 aliphatic heterocycles. The van der Waals surface area contributed by atoms with Crippen LogP contribution in [0.15, 0.2) is 18.2 Å². The molecule has 1 aromatic rings. The van der Waals surface area contributed by atoms with E-state index in [0.29, 0.717) is 22.4 Å². The molecule has 0 radical (unpaired) electrons. The van der Waals surface area contributed by atoms with Crippen LogP contribution in [0.4, 0.5) is 0 Å². The van der Waals surface area contributed by atoms with Crippen LogP contribution in [-0.4, -0.2) is 11.9 Å². The molecule has 2 atom stereocenters. The van der Waals surface area contributed by atoms with E-state index in [1.165, 1.54) is 0 Å². The highest BCUT2D eigenvalue weighted by molar-refractivity contribution is 6.35. The van der Waals surface area contributed by atoms with Crippen molar-refractivity contribution >= 4 is 29.1 Å². The van der Waals surface area contributed by atoms with Crippen LogP contribution < -0.4 is 5.32 Å². The van der Waals surface area contributed by atoms with Gasteiger partial charge >= 0.3 is 0 Å². The Balaban J connectivity index is 2.10. The monoisotopic (exact) mass is 271 g/mol. The van der Waals surface area contributed by atoms with Gasteiger partial charge in [-0.1, -0.05) is 36.2 Å². The lowest BCUT2D eigenvalue weighted by atomic mass is 9.75. The average Bonchev–Trinajstić information content (AvgIpc) is 2.27. The topological polar surface area (TPSA) is 29.1 Å². The Morgan fingerprint density at radius 2 is 2.18 bits per heavy atom. The van der Waals surface area contributed by atoms with Gasteiger partial charge in [-0.25, -0.2) is 0 Å². The first-order valence-corrected chi connectivity index (χ1v) is 6.61. The van der Waals surface area contributed by atoms with Gasteiger partial charge in [-0.05, 0) is 30.5 Å². The van der Waals surface area contributed by atoms with Crippen LogP contribution in [0.25, 0.3) is 0 Å². The molecule has 1 fully saturated rings. The van der Waals surface area contributed by atoms with Crippen molar-refractivity contribution in [1.29, 1.82) is 0 Å². The number of halogens is 2. The van der Waals surface area contributed by atoms with Crippen LogP contribution in [0.3, 0.4) is 0 Å². The highest BCUT2D eigenvalue weighted by atomic mass is 35.5. The van der Waals surface area contributed by atoms with E-state index in [4.69, 9.17) is 23.2 Å². The molecule has 92 valence electrons. The Bertz CT molecular complexity index is 433. The van der Waals surface area contributed by atoms with Crippen molar-refractivity contribution in [1.82, 2.24) is 5.32 Å². The van der Waals surface area contributed by atoms with Crippen LogP contribution in [-0.2, 0) is 4.79 Å². The Hall–Kier alpha value is -0.730. The maximum absolute atomic E-state index is 11.4. The molecule has 17 heavy (non-hydrogen) atoms. The zero-order valence-corrected chi connectivity index (χ0v) is 11.2. The van der Waals surface area contributed by atoms with E-state index >= 15 is 0 Å². The van der Waals surface area contributed by atoms with E-state index in [0.717, 1.165) is 18.4 Å². The van der Waals surface area contributed by atoms with Gasteiger partial charge in [-0.2, -0.15) is 0 Å². The largest absolute Gasteiger partial charge is 0.353 e. The first kappa shape index (κ1) is 12.7. The number of rotatable bonds is 3. The fraction of sp³-hybridized carbons (Fsp3) is 0.462. The summed E-state index contributed by atoms with van der Waals surface area (Å²) in [5, 5.41) is 4.36. The van der Waals surface area contributed by atoms with Gasteiger partial charge in [-0.15, -0.1) is 0 Å². The summed E-state index contributed by atoms with van der Waals surface area (Å²) in [7, 11) is 0. The van der Waals surface area contributed by atoms with Crippen LogP contribution in [0.2, 0.25) is 10.0 Å². The third kappa shape index (κ3) is 2.75. The van der Waals surface area contributed by atoms with Crippen LogP contribution in [0, 0.1) is 0 Å². The summed E-state index contributed by atoms with van der Waals surface area (Å²) in [4.78, 5) is 11.4. The predicted octanol–water partition coefficient (Wildman–Crippen LogP) is 3.77. The van der Waals surface area contributed by atoms with Crippen molar-refractivity contribution in [2.45, 2.75) is 38.1 Å². The normalized spacial score (nSPS) is 23.0. The molecule has 4 heteroatoms. The second-order valence-corrected chi connectivity index (χ2v) is 5.22. The highest BCUT2D eigenvalue weighted by Crippen LogP contribution is 2.40. The van der Waals surface area contributed by atoms with Crippen molar-refractivity contribution in [2.75, 3.05) is 0 Å². The number of hydrogen-bond donors (Lipinski definition) is 1. The number of benzene rings is 1. The molecule has 0 heterocycles. The lowest BCUT2D eigenvalue weighted by Crippen LogP contribution is -2.45. The van der Waals surface area contributed by atoms with Crippen molar-refractivity contribution in [2.24, 2.45) is 0 Å².